The topological polar surface area (TPSA) is 55.1 Å². The second kappa shape index (κ2) is 4.42. The van der Waals surface area contributed by atoms with Gasteiger partial charge in [-0.15, -0.1) is 0 Å². The molecule has 1 aromatic carbocycles. The lowest BCUT2D eigenvalue weighted by atomic mass is 10.1. The van der Waals surface area contributed by atoms with Gasteiger partial charge < -0.3 is 9.67 Å². The highest BCUT2D eigenvalue weighted by Crippen LogP contribution is 2.28. The molecule has 1 heterocycles. The highest BCUT2D eigenvalue weighted by atomic mass is 35.5. The molecule has 18 heavy (non-hydrogen) atoms. The predicted molar refractivity (Wildman–Crippen MR) is 65.3 cm³/mol. The van der Waals surface area contributed by atoms with Crippen LogP contribution in [0.4, 0.5) is 4.39 Å². The highest BCUT2D eigenvalue weighted by molar-refractivity contribution is 6.30. The van der Waals surface area contributed by atoms with Gasteiger partial charge in [0.25, 0.3) is 0 Å². The van der Waals surface area contributed by atoms with E-state index < -0.39 is 11.8 Å². The molecule has 0 saturated heterocycles. The van der Waals surface area contributed by atoms with Crippen molar-refractivity contribution in [2.24, 2.45) is 7.05 Å². The van der Waals surface area contributed by atoms with E-state index in [0.717, 1.165) is 0 Å². The number of halogens is 2. The summed E-state index contributed by atoms with van der Waals surface area (Å²) >= 11 is 5.80. The number of aromatic nitrogens is 2. The van der Waals surface area contributed by atoms with Crippen molar-refractivity contribution in [3.8, 4) is 11.3 Å². The van der Waals surface area contributed by atoms with Crippen LogP contribution in [-0.2, 0) is 7.05 Å². The van der Waals surface area contributed by atoms with E-state index in [1.807, 2.05) is 0 Å². The number of benzene rings is 1. The standard InChI is InChI=1S/C12H10ClFN2O2/c1-6-15-10(11(12(17)18)16(6)2)8-5-7(13)3-4-9(8)14/h3-5H,1-2H3,(H,17,18). The van der Waals surface area contributed by atoms with Crippen molar-refractivity contribution in [3.63, 3.8) is 0 Å². The summed E-state index contributed by atoms with van der Waals surface area (Å²) < 4.78 is 15.1. The molecule has 0 fully saturated rings. The van der Waals surface area contributed by atoms with Gasteiger partial charge in [-0.1, -0.05) is 11.6 Å². The molecule has 0 bridgehead atoms. The molecule has 0 amide bonds. The van der Waals surface area contributed by atoms with Gasteiger partial charge in [-0.3, -0.25) is 0 Å². The molecule has 1 N–H and O–H groups in total. The van der Waals surface area contributed by atoms with Crippen LogP contribution in [0.2, 0.25) is 5.02 Å². The van der Waals surface area contributed by atoms with Gasteiger partial charge in [-0.05, 0) is 25.1 Å². The van der Waals surface area contributed by atoms with Gasteiger partial charge in [-0.25, -0.2) is 14.2 Å². The third kappa shape index (κ3) is 1.97. The van der Waals surface area contributed by atoms with Crippen LogP contribution in [0.15, 0.2) is 18.2 Å². The zero-order valence-corrected chi connectivity index (χ0v) is 10.5. The van der Waals surface area contributed by atoms with E-state index in [4.69, 9.17) is 16.7 Å². The monoisotopic (exact) mass is 268 g/mol. The second-order valence-corrected chi connectivity index (χ2v) is 4.28. The third-order valence-electron chi connectivity index (χ3n) is 2.70. The fourth-order valence-corrected chi connectivity index (χ4v) is 1.89. The molecule has 6 heteroatoms. The van der Waals surface area contributed by atoms with Gasteiger partial charge in [0.2, 0.25) is 0 Å². The van der Waals surface area contributed by atoms with Gasteiger partial charge in [-0.2, -0.15) is 0 Å². The Bertz CT molecular complexity index is 637. The van der Waals surface area contributed by atoms with E-state index in [2.05, 4.69) is 4.98 Å². The van der Waals surface area contributed by atoms with Gasteiger partial charge >= 0.3 is 5.97 Å². The number of rotatable bonds is 2. The van der Waals surface area contributed by atoms with Crippen LogP contribution in [-0.4, -0.2) is 20.6 Å². The molecule has 0 atom stereocenters. The molecule has 0 aliphatic heterocycles. The number of carboxylic acids is 1. The Morgan fingerprint density at radius 2 is 2.17 bits per heavy atom. The van der Waals surface area contributed by atoms with Crippen LogP contribution in [0, 0.1) is 12.7 Å². The molecule has 94 valence electrons. The van der Waals surface area contributed by atoms with Crippen molar-refractivity contribution in [1.29, 1.82) is 0 Å². The maximum atomic E-state index is 13.7. The summed E-state index contributed by atoms with van der Waals surface area (Å²) in [6.07, 6.45) is 0. The molecular formula is C12H10ClFN2O2. The van der Waals surface area contributed by atoms with Crippen molar-refractivity contribution in [2.45, 2.75) is 6.92 Å². The maximum Gasteiger partial charge on any atom is 0.354 e. The number of carboxylic acid groups (broad SMARTS) is 1. The van der Waals surface area contributed by atoms with Crippen LogP contribution < -0.4 is 0 Å². The van der Waals surface area contributed by atoms with Crippen LogP contribution in [0.1, 0.15) is 16.3 Å². The van der Waals surface area contributed by atoms with Gasteiger partial charge in [0.15, 0.2) is 5.69 Å². The minimum Gasteiger partial charge on any atom is -0.477 e. The largest absolute Gasteiger partial charge is 0.477 e. The number of aryl methyl sites for hydroxylation is 1. The van der Waals surface area contributed by atoms with E-state index in [0.29, 0.717) is 10.8 Å². The Labute approximate surface area is 108 Å². The highest BCUT2D eigenvalue weighted by Gasteiger charge is 2.22. The number of hydrogen-bond acceptors (Lipinski definition) is 2. The fraction of sp³-hybridized carbons (Fsp3) is 0.167. The summed E-state index contributed by atoms with van der Waals surface area (Å²) in [4.78, 5) is 15.3. The Morgan fingerprint density at radius 3 is 2.78 bits per heavy atom. The molecule has 0 spiro atoms. The van der Waals surface area contributed by atoms with Crippen molar-refractivity contribution in [1.82, 2.24) is 9.55 Å². The number of carbonyl (C=O) groups is 1. The summed E-state index contributed by atoms with van der Waals surface area (Å²) in [6, 6.07) is 3.95. The number of aromatic carboxylic acids is 1. The van der Waals surface area contributed by atoms with Crippen molar-refractivity contribution < 1.29 is 14.3 Å². The molecule has 0 unspecified atom stereocenters. The Balaban J connectivity index is 2.75. The average molecular weight is 269 g/mol. The first-order valence-electron chi connectivity index (χ1n) is 5.14. The molecule has 2 rings (SSSR count). The molecule has 4 nitrogen and oxygen atoms in total. The van der Waals surface area contributed by atoms with Crippen molar-refractivity contribution in [3.05, 3.63) is 40.6 Å². The molecule has 1 aromatic heterocycles. The predicted octanol–water partition coefficient (Wildman–Crippen LogP) is 2.89. The third-order valence-corrected chi connectivity index (χ3v) is 2.94. The lowest BCUT2D eigenvalue weighted by Gasteiger charge is -2.03. The van der Waals surface area contributed by atoms with Gasteiger partial charge in [0, 0.05) is 17.6 Å². The van der Waals surface area contributed by atoms with Crippen LogP contribution >= 0.6 is 11.6 Å². The Kier molecular flexibility index (Phi) is 3.09. The van der Waals surface area contributed by atoms with Crippen LogP contribution in [0.5, 0.6) is 0 Å². The fourth-order valence-electron chi connectivity index (χ4n) is 1.72. The minimum atomic E-state index is -1.16. The summed E-state index contributed by atoms with van der Waals surface area (Å²) in [5.74, 6) is -1.23. The molecular weight excluding hydrogens is 259 g/mol. The average Bonchev–Trinajstić information content (AvgIpc) is 2.59. The summed E-state index contributed by atoms with van der Waals surface area (Å²) in [7, 11) is 1.57. The van der Waals surface area contributed by atoms with E-state index >= 15 is 0 Å². The summed E-state index contributed by atoms with van der Waals surface area (Å²) in [5.41, 5.74) is 0.111. The molecule has 0 aliphatic carbocycles. The first kappa shape index (κ1) is 12.6. The quantitative estimate of drug-likeness (QED) is 0.911. The van der Waals surface area contributed by atoms with Gasteiger partial charge in [0.05, 0.1) is 0 Å². The van der Waals surface area contributed by atoms with E-state index in [-0.39, 0.29) is 17.0 Å². The zero-order valence-electron chi connectivity index (χ0n) is 9.74. The van der Waals surface area contributed by atoms with Crippen molar-refractivity contribution in [2.75, 3.05) is 0 Å². The van der Waals surface area contributed by atoms with E-state index in [9.17, 15) is 9.18 Å². The first-order chi connectivity index (χ1) is 8.41. The normalized spacial score (nSPS) is 10.7. The molecule has 2 aromatic rings. The SMILES string of the molecule is Cc1nc(-c2cc(Cl)ccc2F)c(C(=O)O)n1C. The summed E-state index contributed by atoms with van der Waals surface area (Å²) in [6.45, 7) is 1.65. The smallest absolute Gasteiger partial charge is 0.354 e. The van der Waals surface area contributed by atoms with Crippen molar-refractivity contribution >= 4 is 17.6 Å². The Morgan fingerprint density at radius 1 is 1.50 bits per heavy atom. The molecule has 0 aliphatic rings. The molecule has 0 saturated carbocycles. The first-order valence-corrected chi connectivity index (χ1v) is 5.51. The minimum absolute atomic E-state index is 0.0614. The second-order valence-electron chi connectivity index (χ2n) is 3.84. The maximum absolute atomic E-state index is 13.7. The number of imidazole rings is 1. The van der Waals surface area contributed by atoms with Crippen LogP contribution in [0.3, 0.4) is 0 Å². The Hall–Kier alpha value is -1.88. The van der Waals surface area contributed by atoms with E-state index in [1.165, 1.54) is 22.8 Å². The van der Waals surface area contributed by atoms with Gasteiger partial charge in [0.1, 0.15) is 17.3 Å². The van der Waals surface area contributed by atoms with Crippen LogP contribution in [0.25, 0.3) is 11.3 Å². The van der Waals surface area contributed by atoms with E-state index in [1.54, 1.807) is 14.0 Å². The lowest BCUT2D eigenvalue weighted by Crippen LogP contribution is -2.07. The molecule has 0 radical (unpaired) electrons. The number of nitrogens with zero attached hydrogens (tertiary/aromatic N) is 2. The number of hydrogen-bond donors (Lipinski definition) is 1. The zero-order chi connectivity index (χ0) is 13.4. The lowest BCUT2D eigenvalue weighted by molar-refractivity contribution is 0.0687. The summed E-state index contributed by atoms with van der Waals surface area (Å²) in [5, 5.41) is 9.49.